The SMILES string of the molecule is Cc1ccc(C2NC(C)C(=O)N2C(C)(C)C2CC2)s1. The normalized spacial score (nSPS) is 28.2. The van der Waals surface area contributed by atoms with Crippen LogP contribution in [0.15, 0.2) is 12.1 Å². The summed E-state index contributed by atoms with van der Waals surface area (Å²) in [4.78, 5) is 17.2. The molecule has 0 radical (unpaired) electrons. The first-order chi connectivity index (χ1) is 8.91. The topological polar surface area (TPSA) is 32.3 Å². The van der Waals surface area contributed by atoms with Gasteiger partial charge in [-0.1, -0.05) is 0 Å². The van der Waals surface area contributed by atoms with Crippen molar-refractivity contribution in [2.45, 2.75) is 58.3 Å². The van der Waals surface area contributed by atoms with Crippen LogP contribution in [-0.2, 0) is 4.79 Å². The summed E-state index contributed by atoms with van der Waals surface area (Å²) < 4.78 is 0. The lowest BCUT2D eigenvalue weighted by atomic mass is 9.95. The van der Waals surface area contributed by atoms with Gasteiger partial charge in [-0.2, -0.15) is 0 Å². The Bertz CT molecular complexity index is 504. The van der Waals surface area contributed by atoms with E-state index in [-0.39, 0.29) is 23.7 Å². The second-order valence-electron chi connectivity index (χ2n) is 6.38. The zero-order valence-electron chi connectivity index (χ0n) is 12.1. The van der Waals surface area contributed by atoms with Crippen LogP contribution in [0.4, 0.5) is 0 Å². The van der Waals surface area contributed by atoms with E-state index < -0.39 is 0 Å². The molecule has 1 aliphatic heterocycles. The van der Waals surface area contributed by atoms with Crippen LogP contribution in [-0.4, -0.2) is 22.4 Å². The van der Waals surface area contributed by atoms with Gasteiger partial charge in [-0.25, -0.2) is 0 Å². The minimum atomic E-state index is -0.0783. The highest BCUT2D eigenvalue weighted by Crippen LogP contribution is 2.47. The molecule has 2 aliphatic rings. The van der Waals surface area contributed by atoms with Crippen molar-refractivity contribution in [1.29, 1.82) is 0 Å². The molecule has 2 atom stereocenters. The predicted molar refractivity (Wildman–Crippen MR) is 78.0 cm³/mol. The molecule has 2 fully saturated rings. The number of carbonyl (C=O) groups is 1. The van der Waals surface area contributed by atoms with Gasteiger partial charge in [-0.05, 0) is 58.6 Å². The molecular formula is C15H22N2OS. The van der Waals surface area contributed by atoms with Crippen molar-refractivity contribution in [2.24, 2.45) is 5.92 Å². The molecule has 1 aliphatic carbocycles. The van der Waals surface area contributed by atoms with E-state index in [4.69, 9.17) is 0 Å². The molecule has 2 unspecified atom stereocenters. The van der Waals surface area contributed by atoms with E-state index >= 15 is 0 Å². The maximum Gasteiger partial charge on any atom is 0.241 e. The maximum atomic E-state index is 12.5. The summed E-state index contributed by atoms with van der Waals surface area (Å²) >= 11 is 1.78. The maximum absolute atomic E-state index is 12.5. The smallest absolute Gasteiger partial charge is 0.241 e. The molecule has 1 saturated carbocycles. The highest BCUT2D eigenvalue weighted by molar-refractivity contribution is 7.12. The fourth-order valence-electron chi connectivity index (χ4n) is 3.13. The fraction of sp³-hybridized carbons (Fsp3) is 0.667. The molecule has 19 heavy (non-hydrogen) atoms. The number of carbonyl (C=O) groups excluding carboxylic acids is 1. The quantitative estimate of drug-likeness (QED) is 0.921. The second kappa shape index (κ2) is 4.32. The Hall–Kier alpha value is -0.870. The number of hydrogen-bond acceptors (Lipinski definition) is 3. The summed E-state index contributed by atoms with van der Waals surface area (Å²) in [6.07, 6.45) is 2.56. The number of nitrogens with zero attached hydrogens (tertiary/aromatic N) is 1. The van der Waals surface area contributed by atoms with Crippen LogP contribution < -0.4 is 5.32 Å². The number of hydrogen-bond donors (Lipinski definition) is 1. The molecule has 104 valence electrons. The third-order valence-corrected chi connectivity index (χ3v) is 5.55. The van der Waals surface area contributed by atoms with Crippen molar-refractivity contribution < 1.29 is 4.79 Å². The van der Waals surface area contributed by atoms with E-state index in [0.29, 0.717) is 5.92 Å². The molecule has 1 aromatic rings. The van der Waals surface area contributed by atoms with Gasteiger partial charge in [0.05, 0.1) is 6.04 Å². The van der Waals surface area contributed by atoms with Crippen molar-refractivity contribution in [3.8, 4) is 0 Å². The van der Waals surface area contributed by atoms with Gasteiger partial charge in [0.2, 0.25) is 5.91 Å². The van der Waals surface area contributed by atoms with E-state index in [2.05, 4.69) is 43.1 Å². The molecule has 3 nitrogen and oxygen atoms in total. The van der Waals surface area contributed by atoms with E-state index in [1.165, 1.54) is 22.6 Å². The Morgan fingerprint density at radius 2 is 2.05 bits per heavy atom. The third kappa shape index (κ3) is 2.11. The standard InChI is InChI=1S/C15H22N2OS/c1-9-5-8-12(19-9)13-16-10(2)14(18)17(13)15(3,4)11-6-7-11/h5,8,10-11,13,16H,6-7H2,1-4H3. The molecule has 0 bridgehead atoms. The average molecular weight is 278 g/mol. The second-order valence-corrected chi connectivity index (χ2v) is 7.69. The first-order valence-electron chi connectivity index (χ1n) is 7.07. The summed E-state index contributed by atoms with van der Waals surface area (Å²) in [7, 11) is 0. The van der Waals surface area contributed by atoms with Gasteiger partial charge >= 0.3 is 0 Å². The molecule has 2 heterocycles. The van der Waals surface area contributed by atoms with E-state index in [0.717, 1.165) is 0 Å². The van der Waals surface area contributed by atoms with Crippen molar-refractivity contribution >= 4 is 17.2 Å². The van der Waals surface area contributed by atoms with Gasteiger partial charge < -0.3 is 4.90 Å². The molecule has 3 rings (SSSR count). The first kappa shape index (κ1) is 13.1. The van der Waals surface area contributed by atoms with Crippen LogP contribution in [0, 0.1) is 12.8 Å². The minimum absolute atomic E-state index is 0.0442. The molecule has 0 aromatic carbocycles. The Labute approximate surface area is 119 Å². The van der Waals surface area contributed by atoms with Gasteiger partial charge in [0.15, 0.2) is 0 Å². The van der Waals surface area contributed by atoms with Crippen LogP contribution in [0.25, 0.3) is 0 Å². The Balaban J connectivity index is 1.95. The third-order valence-electron chi connectivity index (χ3n) is 4.50. The monoisotopic (exact) mass is 278 g/mol. The van der Waals surface area contributed by atoms with Crippen LogP contribution in [0.1, 0.15) is 49.5 Å². The molecule has 0 spiro atoms. The number of amides is 1. The summed E-state index contributed by atoms with van der Waals surface area (Å²) in [5, 5.41) is 3.46. The zero-order chi connectivity index (χ0) is 13.8. The van der Waals surface area contributed by atoms with Crippen molar-refractivity contribution in [3.05, 3.63) is 21.9 Å². The number of aryl methyl sites for hydroxylation is 1. The lowest BCUT2D eigenvalue weighted by Crippen LogP contribution is -2.48. The van der Waals surface area contributed by atoms with Crippen LogP contribution in [0.2, 0.25) is 0 Å². The molecule has 1 aromatic heterocycles. The lowest BCUT2D eigenvalue weighted by molar-refractivity contribution is -0.135. The number of rotatable bonds is 3. The molecule has 4 heteroatoms. The van der Waals surface area contributed by atoms with Gasteiger partial charge in [0.25, 0.3) is 0 Å². The highest BCUT2D eigenvalue weighted by Gasteiger charge is 2.51. The number of thiophene rings is 1. The van der Waals surface area contributed by atoms with Gasteiger partial charge in [0.1, 0.15) is 6.17 Å². The average Bonchev–Trinajstić information content (AvgIpc) is 3.05. The van der Waals surface area contributed by atoms with Gasteiger partial charge in [-0.3, -0.25) is 10.1 Å². The molecule has 1 amide bonds. The summed E-state index contributed by atoms with van der Waals surface area (Å²) in [5.74, 6) is 0.903. The molecular weight excluding hydrogens is 256 g/mol. The first-order valence-corrected chi connectivity index (χ1v) is 7.88. The van der Waals surface area contributed by atoms with E-state index in [1.807, 2.05) is 6.92 Å². The largest absolute Gasteiger partial charge is 0.315 e. The van der Waals surface area contributed by atoms with Gasteiger partial charge in [-0.15, -0.1) is 11.3 Å². The Morgan fingerprint density at radius 3 is 2.58 bits per heavy atom. The lowest BCUT2D eigenvalue weighted by Gasteiger charge is -2.39. The van der Waals surface area contributed by atoms with Gasteiger partial charge in [0, 0.05) is 15.3 Å². The highest BCUT2D eigenvalue weighted by atomic mass is 32.1. The summed E-state index contributed by atoms with van der Waals surface area (Å²) in [6, 6.07) is 4.21. The predicted octanol–water partition coefficient (Wildman–Crippen LogP) is 3.06. The number of nitrogens with one attached hydrogen (secondary N) is 1. The fourth-order valence-corrected chi connectivity index (χ4v) is 4.06. The van der Waals surface area contributed by atoms with Crippen LogP contribution in [0.3, 0.4) is 0 Å². The summed E-state index contributed by atoms with van der Waals surface area (Å²) in [6.45, 7) is 8.52. The van der Waals surface area contributed by atoms with E-state index in [9.17, 15) is 4.79 Å². The van der Waals surface area contributed by atoms with Crippen molar-refractivity contribution in [2.75, 3.05) is 0 Å². The van der Waals surface area contributed by atoms with E-state index in [1.54, 1.807) is 11.3 Å². The summed E-state index contributed by atoms with van der Waals surface area (Å²) in [5.41, 5.74) is -0.0442. The molecule has 1 saturated heterocycles. The Kier molecular flexibility index (Phi) is 2.98. The van der Waals surface area contributed by atoms with Crippen molar-refractivity contribution in [3.63, 3.8) is 0 Å². The minimum Gasteiger partial charge on any atom is -0.315 e. The van der Waals surface area contributed by atoms with Crippen LogP contribution in [0.5, 0.6) is 0 Å². The zero-order valence-corrected chi connectivity index (χ0v) is 12.9. The van der Waals surface area contributed by atoms with Crippen LogP contribution >= 0.6 is 11.3 Å². The Morgan fingerprint density at radius 1 is 1.37 bits per heavy atom. The molecule has 1 N–H and O–H groups in total. The van der Waals surface area contributed by atoms with Crippen molar-refractivity contribution in [1.82, 2.24) is 10.2 Å².